The number of fused-ring (bicyclic) bond motifs is 1. The topological polar surface area (TPSA) is 64.5 Å². The molecule has 1 heterocycles. The van der Waals surface area contributed by atoms with E-state index in [0.717, 1.165) is 5.39 Å². The van der Waals surface area contributed by atoms with Gasteiger partial charge in [0.2, 0.25) is 0 Å². The molecule has 2 aromatic carbocycles. The van der Waals surface area contributed by atoms with E-state index in [1.807, 2.05) is 33.8 Å². The maximum absolute atomic E-state index is 13.2. The van der Waals surface area contributed by atoms with Crippen molar-refractivity contribution in [1.82, 2.24) is 0 Å². The molecule has 0 fully saturated rings. The summed E-state index contributed by atoms with van der Waals surface area (Å²) >= 11 is 6.08. The van der Waals surface area contributed by atoms with Crippen LogP contribution in [-0.2, 0) is 32.7 Å². The van der Waals surface area contributed by atoms with Crippen molar-refractivity contribution in [2.24, 2.45) is 0 Å². The van der Waals surface area contributed by atoms with Gasteiger partial charge in [-0.2, -0.15) is 0 Å². The average molecular weight is 498 g/mol. The number of aliphatic hydroxyl groups is 1. The SMILES string of the molecule is CC.CC.CCO.C[N-]c1ccc2c(-c3ccc(F)cc3Cl)cc(=O)oc2c1.[Y]. The third kappa shape index (κ3) is 8.96. The van der Waals surface area contributed by atoms with Crippen molar-refractivity contribution in [3.05, 3.63) is 69.0 Å². The quantitative estimate of drug-likeness (QED) is 0.390. The van der Waals surface area contributed by atoms with E-state index in [2.05, 4.69) is 5.32 Å². The summed E-state index contributed by atoms with van der Waals surface area (Å²) in [6.45, 7) is 9.93. The zero-order valence-corrected chi connectivity index (χ0v) is 21.4. The van der Waals surface area contributed by atoms with Crippen LogP contribution in [0.2, 0.25) is 5.02 Å². The van der Waals surface area contributed by atoms with Crippen LogP contribution in [0.3, 0.4) is 0 Å². The first-order valence-corrected chi connectivity index (χ1v) is 9.62. The molecule has 0 bridgehead atoms. The molecule has 1 N–H and O–H groups in total. The fraction of sp³-hybridized carbons (Fsp3) is 0.318. The van der Waals surface area contributed by atoms with Crippen LogP contribution in [0.15, 0.2) is 51.7 Å². The molecule has 1 radical (unpaired) electrons. The number of hydrogen-bond acceptors (Lipinski definition) is 3. The Balaban J connectivity index is 0. The standard InChI is InChI=1S/C16H11ClFNO2.C2H6O.2C2H6.Y/c1-19-10-3-5-12-13(8-16(20)21-15(12)7-10)11-4-2-9(18)6-14(11)17;1-2-3;2*1-2;/h2-8H,1H3,(H,19,20);3H,2H2,1H3;2*1-2H3;/p-1. The second-order valence-corrected chi connectivity index (χ2v) is 5.23. The van der Waals surface area contributed by atoms with E-state index >= 15 is 0 Å². The molecule has 0 saturated carbocycles. The summed E-state index contributed by atoms with van der Waals surface area (Å²) in [7, 11) is 1.65. The average Bonchev–Trinajstić information content (AvgIpc) is 2.70. The molecular formula is C22H28ClFNO3Y-. The van der Waals surface area contributed by atoms with Gasteiger partial charge >= 0.3 is 5.63 Å². The predicted molar refractivity (Wildman–Crippen MR) is 117 cm³/mol. The van der Waals surface area contributed by atoms with Crippen LogP contribution in [0.5, 0.6) is 0 Å². The van der Waals surface area contributed by atoms with Gasteiger partial charge in [-0.15, -0.1) is 12.7 Å². The molecule has 4 nitrogen and oxygen atoms in total. The van der Waals surface area contributed by atoms with E-state index in [1.165, 1.54) is 18.2 Å². The van der Waals surface area contributed by atoms with E-state index in [4.69, 9.17) is 21.1 Å². The van der Waals surface area contributed by atoms with Crippen LogP contribution >= 0.6 is 11.6 Å². The number of benzene rings is 2. The molecule has 29 heavy (non-hydrogen) atoms. The number of rotatable bonds is 2. The Morgan fingerprint density at radius 1 is 1.03 bits per heavy atom. The fourth-order valence-electron chi connectivity index (χ4n) is 2.22. The molecule has 0 aliphatic rings. The minimum absolute atomic E-state index is 0. The van der Waals surface area contributed by atoms with Crippen LogP contribution in [0.25, 0.3) is 27.4 Å². The van der Waals surface area contributed by atoms with Gasteiger partial charge in [-0.05, 0) is 31.2 Å². The maximum Gasteiger partial charge on any atom is 0.336 e. The second-order valence-electron chi connectivity index (χ2n) is 4.82. The third-order valence-corrected chi connectivity index (χ3v) is 3.52. The first-order valence-electron chi connectivity index (χ1n) is 9.24. The summed E-state index contributed by atoms with van der Waals surface area (Å²) in [5.74, 6) is -0.428. The molecule has 0 saturated heterocycles. The van der Waals surface area contributed by atoms with E-state index in [9.17, 15) is 9.18 Å². The first kappa shape index (κ1) is 29.9. The summed E-state index contributed by atoms with van der Waals surface area (Å²) in [4.78, 5) is 11.7. The molecule has 0 aliphatic heterocycles. The van der Waals surface area contributed by atoms with Gasteiger partial charge in [0.1, 0.15) is 11.4 Å². The van der Waals surface area contributed by atoms with Crippen LogP contribution in [0.4, 0.5) is 10.1 Å². The summed E-state index contributed by atoms with van der Waals surface area (Å²) < 4.78 is 18.4. The van der Waals surface area contributed by atoms with Crippen molar-refractivity contribution < 1.29 is 46.6 Å². The number of hydrogen-bond donors (Lipinski definition) is 1. The fourth-order valence-corrected chi connectivity index (χ4v) is 2.49. The zero-order chi connectivity index (χ0) is 21.7. The van der Waals surface area contributed by atoms with Gasteiger partial charge in [0.05, 0.1) is 5.02 Å². The van der Waals surface area contributed by atoms with Gasteiger partial charge in [0.15, 0.2) is 0 Å². The number of aliphatic hydroxyl groups excluding tert-OH is 1. The molecule has 0 atom stereocenters. The minimum atomic E-state index is -0.494. The summed E-state index contributed by atoms with van der Waals surface area (Å²) in [6, 6.07) is 10.7. The van der Waals surface area contributed by atoms with Crippen LogP contribution < -0.4 is 5.63 Å². The van der Waals surface area contributed by atoms with E-state index in [0.29, 0.717) is 22.4 Å². The van der Waals surface area contributed by atoms with Gasteiger partial charge in [-0.3, -0.25) is 0 Å². The second kappa shape index (κ2) is 16.5. The minimum Gasteiger partial charge on any atom is -0.687 e. The Kier molecular flexibility index (Phi) is 17.1. The molecule has 0 amide bonds. The Bertz CT molecular complexity index is 916. The van der Waals surface area contributed by atoms with Crippen LogP contribution in [0, 0.1) is 5.82 Å². The number of nitrogens with zero attached hydrogens (tertiary/aromatic N) is 1. The normalized spacial score (nSPS) is 8.86. The molecule has 0 aliphatic carbocycles. The van der Waals surface area contributed by atoms with Gasteiger partial charge in [-0.25, -0.2) is 9.18 Å². The van der Waals surface area contributed by atoms with E-state index in [1.54, 1.807) is 32.2 Å². The third-order valence-electron chi connectivity index (χ3n) is 3.21. The van der Waals surface area contributed by atoms with Crippen LogP contribution in [0.1, 0.15) is 34.6 Å². The van der Waals surface area contributed by atoms with Gasteiger partial charge < -0.3 is 14.8 Å². The molecule has 0 unspecified atom stereocenters. The molecule has 3 rings (SSSR count). The van der Waals surface area contributed by atoms with E-state index in [-0.39, 0.29) is 44.3 Å². The Hall–Kier alpha value is -1.27. The first-order chi connectivity index (χ1) is 13.5. The zero-order valence-electron chi connectivity index (χ0n) is 17.8. The summed E-state index contributed by atoms with van der Waals surface area (Å²) in [6.07, 6.45) is 0. The molecule has 3 aromatic rings. The molecular weight excluding hydrogens is 470 g/mol. The van der Waals surface area contributed by atoms with Crippen molar-refractivity contribution in [2.45, 2.75) is 34.6 Å². The van der Waals surface area contributed by atoms with Crippen molar-refractivity contribution in [2.75, 3.05) is 13.7 Å². The van der Waals surface area contributed by atoms with Crippen molar-refractivity contribution >= 4 is 28.3 Å². The van der Waals surface area contributed by atoms with Crippen molar-refractivity contribution in [3.63, 3.8) is 0 Å². The largest absolute Gasteiger partial charge is 0.687 e. The smallest absolute Gasteiger partial charge is 0.336 e. The Morgan fingerprint density at radius 3 is 2.14 bits per heavy atom. The van der Waals surface area contributed by atoms with Crippen LogP contribution in [-0.4, -0.2) is 18.8 Å². The van der Waals surface area contributed by atoms with Crippen molar-refractivity contribution in [1.29, 1.82) is 0 Å². The summed E-state index contributed by atoms with van der Waals surface area (Å²) in [5.41, 5.74) is 1.81. The maximum atomic E-state index is 13.2. The Labute approximate surface area is 202 Å². The van der Waals surface area contributed by atoms with Crippen molar-refractivity contribution in [3.8, 4) is 11.1 Å². The molecule has 0 spiro atoms. The molecule has 7 heteroatoms. The number of halogens is 2. The van der Waals surface area contributed by atoms with Gasteiger partial charge in [0.25, 0.3) is 0 Å². The summed E-state index contributed by atoms with van der Waals surface area (Å²) in [5, 5.41) is 12.6. The Morgan fingerprint density at radius 2 is 1.62 bits per heavy atom. The predicted octanol–water partition coefficient (Wildman–Crippen LogP) is 6.94. The molecule has 157 valence electrons. The van der Waals surface area contributed by atoms with E-state index < -0.39 is 11.4 Å². The van der Waals surface area contributed by atoms with Gasteiger partial charge in [-0.1, -0.05) is 51.4 Å². The van der Waals surface area contributed by atoms with Gasteiger partial charge in [0, 0.05) is 61.9 Å². The molecule has 1 aromatic heterocycles. The monoisotopic (exact) mass is 497 g/mol.